The lowest BCUT2D eigenvalue weighted by molar-refractivity contribution is 0.0951. The molecule has 0 aliphatic rings. The van der Waals surface area contributed by atoms with E-state index in [-0.39, 0.29) is 5.91 Å². The van der Waals surface area contributed by atoms with E-state index in [0.29, 0.717) is 18.7 Å². The second kappa shape index (κ2) is 10.1. The van der Waals surface area contributed by atoms with E-state index in [1.807, 2.05) is 48.5 Å². The van der Waals surface area contributed by atoms with Gasteiger partial charge in [-0.1, -0.05) is 31.0 Å². The van der Waals surface area contributed by atoms with E-state index >= 15 is 0 Å². The van der Waals surface area contributed by atoms with Crippen LogP contribution in [0.4, 0.5) is 0 Å². The summed E-state index contributed by atoms with van der Waals surface area (Å²) >= 11 is 0. The molecule has 0 aliphatic carbocycles. The highest BCUT2D eigenvalue weighted by Gasteiger charge is 2.07. The molecular formula is C24H24N2O2. The molecule has 0 radical (unpaired) electrons. The van der Waals surface area contributed by atoms with Crippen molar-refractivity contribution in [2.24, 2.45) is 0 Å². The van der Waals surface area contributed by atoms with Crippen molar-refractivity contribution in [3.05, 3.63) is 71.9 Å². The number of fused-ring (bicyclic) bond motifs is 1. The number of aromatic nitrogens is 1. The molecule has 142 valence electrons. The fourth-order valence-corrected chi connectivity index (χ4v) is 2.77. The fraction of sp³-hybridized carbons (Fsp3) is 0.250. The zero-order valence-electron chi connectivity index (χ0n) is 16.1. The average Bonchev–Trinajstić information content (AvgIpc) is 2.74. The molecule has 0 fully saturated rings. The maximum absolute atomic E-state index is 12.5. The van der Waals surface area contributed by atoms with Crippen LogP contribution in [0, 0.1) is 11.8 Å². The molecule has 1 N–H and O–H groups in total. The number of amides is 1. The van der Waals surface area contributed by atoms with Crippen LogP contribution in [0.1, 0.15) is 42.1 Å². The highest BCUT2D eigenvalue weighted by molar-refractivity contribution is 5.97. The smallest absolute Gasteiger partial charge is 0.251 e. The van der Waals surface area contributed by atoms with Crippen molar-refractivity contribution in [3.8, 4) is 17.6 Å². The van der Waals surface area contributed by atoms with Crippen LogP contribution in [0.3, 0.4) is 0 Å². The number of ether oxygens (including phenoxy) is 1. The van der Waals surface area contributed by atoms with Crippen LogP contribution in [0.5, 0.6) is 5.75 Å². The van der Waals surface area contributed by atoms with Crippen molar-refractivity contribution in [3.63, 3.8) is 0 Å². The van der Waals surface area contributed by atoms with Crippen molar-refractivity contribution in [1.29, 1.82) is 0 Å². The summed E-state index contributed by atoms with van der Waals surface area (Å²) < 4.78 is 5.74. The maximum atomic E-state index is 12.5. The number of hydrogen-bond donors (Lipinski definition) is 1. The number of pyridine rings is 1. The lowest BCUT2D eigenvalue weighted by Crippen LogP contribution is -2.22. The molecular weight excluding hydrogens is 348 g/mol. The molecule has 0 saturated carbocycles. The van der Waals surface area contributed by atoms with Crippen molar-refractivity contribution in [2.45, 2.75) is 32.7 Å². The van der Waals surface area contributed by atoms with Crippen molar-refractivity contribution < 1.29 is 9.53 Å². The molecule has 1 heterocycles. The van der Waals surface area contributed by atoms with Crippen LogP contribution in [0.15, 0.2) is 60.8 Å². The summed E-state index contributed by atoms with van der Waals surface area (Å²) in [6.07, 6.45) is 4.48. The third-order valence-corrected chi connectivity index (χ3v) is 4.21. The second-order valence-electron chi connectivity index (χ2n) is 6.44. The number of unbranched alkanes of at least 4 members (excludes halogenated alkanes) is 1. The summed E-state index contributed by atoms with van der Waals surface area (Å²) in [6, 6.07) is 17.1. The lowest BCUT2D eigenvalue weighted by atomic mass is 10.1. The number of rotatable bonds is 7. The minimum Gasteiger partial charge on any atom is -0.493 e. The Morgan fingerprint density at radius 3 is 2.86 bits per heavy atom. The molecule has 4 nitrogen and oxygen atoms in total. The van der Waals surface area contributed by atoms with Gasteiger partial charge >= 0.3 is 0 Å². The molecule has 3 rings (SSSR count). The Hall–Kier alpha value is -3.32. The van der Waals surface area contributed by atoms with E-state index in [0.717, 1.165) is 41.5 Å². The van der Waals surface area contributed by atoms with Crippen LogP contribution in [-0.4, -0.2) is 17.5 Å². The quantitative estimate of drug-likeness (QED) is 0.481. The molecule has 0 unspecified atom stereocenters. The normalized spacial score (nSPS) is 10.2. The SMILES string of the molecule is CCCC#CCCOc1cccc(CNC(=O)c2ccc3ncccc3c2)c1. The first-order chi connectivity index (χ1) is 13.8. The highest BCUT2D eigenvalue weighted by Crippen LogP contribution is 2.15. The molecule has 28 heavy (non-hydrogen) atoms. The van der Waals surface area contributed by atoms with Crippen LogP contribution in [0.2, 0.25) is 0 Å². The first-order valence-electron chi connectivity index (χ1n) is 9.56. The third kappa shape index (κ3) is 5.59. The first kappa shape index (κ1) is 19.4. The molecule has 0 aliphatic heterocycles. The van der Waals surface area contributed by atoms with Gasteiger partial charge in [-0.2, -0.15) is 0 Å². The molecule has 2 aromatic carbocycles. The van der Waals surface area contributed by atoms with Crippen LogP contribution < -0.4 is 10.1 Å². The molecule has 0 atom stereocenters. The minimum absolute atomic E-state index is 0.108. The summed E-state index contributed by atoms with van der Waals surface area (Å²) in [4.78, 5) is 16.7. The van der Waals surface area contributed by atoms with E-state index in [1.165, 1.54) is 0 Å². The summed E-state index contributed by atoms with van der Waals surface area (Å²) in [5.74, 6) is 6.90. The number of nitrogens with zero attached hydrogens (tertiary/aromatic N) is 1. The number of benzene rings is 2. The Kier molecular flexibility index (Phi) is 7.03. The molecule has 0 spiro atoms. The Labute approximate surface area is 165 Å². The summed E-state index contributed by atoms with van der Waals surface area (Å²) in [6.45, 7) is 3.13. The second-order valence-corrected chi connectivity index (χ2v) is 6.44. The zero-order valence-corrected chi connectivity index (χ0v) is 16.1. The topological polar surface area (TPSA) is 51.2 Å². The van der Waals surface area contributed by atoms with Crippen LogP contribution in [-0.2, 0) is 6.54 Å². The monoisotopic (exact) mass is 372 g/mol. The van der Waals surface area contributed by atoms with E-state index in [4.69, 9.17) is 4.74 Å². The molecule has 0 saturated heterocycles. The summed E-state index contributed by atoms with van der Waals surface area (Å²) in [7, 11) is 0. The van der Waals surface area contributed by atoms with Gasteiger partial charge in [0.2, 0.25) is 0 Å². The Morgan fingerprint density at radius 1 is 1.07 bits per heavy atom. The number of nitrogens with one attached hydrogen (secondary N) is 1. The number of carbonyl (C=O) groups excluding carboxylic acids is 1. The van der Waals surface area contributed by atoms with Gasteiger partial charge in [0.05, 0.1) is 12.1 Å². The minimum atomic E-state index is -0.108. The largest absolute Gasteiger partial charge is 0.493 e. The zero-order chi connectivity index (χ0) is 19.6. The van der Waals surface area contributed by atoms with Gasteiger partial charge in [-0.15, -0.1) is 5.92 Å². The highest BCUT2D eigenvalue weighted by atomic mass is 16.5. The van der Waals surface area contributed by atoms with E-state index in [9.17, 15) is 4.79 Å². The Bertz CT molecular complexity index is 1000. The van der Waals surface area contributed by atoms with Gasteiger partial charge in [0.25, 0.3) is 5.91 Å². The predicted molar refractivity (Wildman–Crippen MR) is 112 cm³/mol. The van der Waals surface area contributed by atoms with Crippen LogP contribution in [0.25, 0.3) is 10.9 Å². The molecule has 1 amide bonds. The number of hydrogen-bond acceptors (Lipinski definition) is 3. The van der Waals surface area contributed by atoms with Gasteiger partial charge in [-0.25, -0.2) is 0 Å². The number of carbonyl (C=O) groups is 1. The van der Waals surface area contributed by atoms with Gasteiger partial charge in [-0.05, 0) is 48.4 Å². The predicted octanol–water partition coefficient (Wildman–Crippen LogP) is 4.74. The summed E-state index contributed by atoms with van der Waals surface area (Å²) in [5.41, 5.74) is 2.49. The van der Waals surface area contributed by atoms with Crippen molar-refractivity contribution in [2.75, 3.05) is 6.61 Å². The van der Waals surface area contributed by atoms with Crippen LogP contribution >= 0.6 is 0 Å². The van der Waals surface area contributed by atoms with E-state index in [1.54, 1.807) is 12.3 Å². The molecule has 0 bridgehead atoms. The average molecular weight is 372 g/mol. The van der Waals surface area contributed by atoms with E-state index in [2.05, 4.69) is 29.1 Å². The van der Waals surface area contributed by atoms with Crippen molar-refractivity contribution >= 4 is 16.8 Å². The third-order valence-electron chi connectivity index (χ3n) is 4.21. The van der Waals surface area contributed by atoms with E-state index < -0.39 is 0 Å². The first-order valence-corrected chi connectivity index (χ1v) is 9.56. The Morgan fingerprint density at radius 2 is 1.96 bits per heavy atom. The van der Waals surface area contributed by atoms with Crippen molar-refractivity contribution in [1.82, 2.24) is 10.3 Å². The maximum Gasteiger partial charge on any atom is 0.251 e. The van der Waals surface area contributed by atoms with Gasteiger partial charge in [0, 0.05) is 36.5 Å². The van der Waals surface area contributed by atoms with Gasteiger partial charge in [0.15, 0.2) is 0 Å². The standard InChI is InChI=1S/C24H24N2O2/c1-2-3-4-5-6-15-28-22-11-7-9-19(16-22)18-26-24(27)21-12-13-23-20(17-21)10-8-14-25-23/h7-14,16-17H,2-3,6,15,18H2,1H3,(H,26,27). The van der Waals surface area contributed by atoms with Gasteiger partial charge < -0.3 is 10.1 Å². The summed E-state index contributed by atoms with van der Waals surface area (Å²) in [5, 5.41) is 3.91. The Balaban J connectivity index is 1.53. The molecule has 1 aromatic heterocycles. The molecule has 3 aromatic rings. The molecule has 4 heteroatoms. The lowest BCUT2D eigenvalue weighted by Gasteiger charge is -2.09. The fourth-order valence-electron chi connectivity index (χ4n) is 2.77. The van der Waals surface area contributed by atoms with Gasteiger partial charge in [-0.3, -0.25) is 9.78 Å². The van der Waals surface area contributed by atoms with Gasteiger partial charge in [0.1, 0.15) is 5.75 Å².